The lowest BCUT2D eigenvalue weighted by molar-refractivity contribution is -0.123. The van der Waals surface area contributed by atoms with Crippen LogP contribution in [0.2, 0.25) is 0 Å². The maximum atomic E-state index is 14.3. The van der Waals surface area contributed by atoms with Crippen molar-refractivity contribution in [2.75, 3.05) is 26.2 Å². The van der Waals surface area contributed by atoms with Crippen molar-refractivity contribution in [2.24, 2.45) is 17.8 Å². The fraction of sp³-hybridized carbons (Fsp3) is 0.231. The van der Waals surface area contributed by atoms with E-state index < -0.39 is 23.7 Å². The zero-order valence-corrected chi connectivity index (χ0v) is 28.5. The molecule has 9 nitrogen and oxygen atoms in total. The van der Waals surface area contributed by atoms with Crippen LogP contribution in [-0.4, -0.2) is 49.8 Å². The summed E-state index contributed by atoms with van der Waals surface area (Å²) in [5, 5.41) is 11.1. The van der Waals surface area contributed by atoms with Crippen LogP contribution in [0.4, 0.5) is 5.69 Å². The number of carbonyl (C=O) groups is 4. The maximum absolute atomic E-state index is 14.3. The number of carbonyl (C=O) groups excluding carboxylic acids is 4. The highest BCUT2D eigenvalue weighted by atomic mass is 79.9. The minimum absolute atomic E-state index is 0.0943. The molecule has 248 valence electrons. The molecule has 1 saturated heterocycles. The van der Waals surface area contributed by atoms with Gasteiger partial charge in [0, 0.05) is 34.3 Å². The summed E-state index contributed by atoms with van der Waals surface area (Å²) < 4.78 is 16.6. The summed E-state index contributed by atoms with van der Waals surface area (Å²) >= 11 is 3.25. The number of allylic oxidation sites excluding steroid dienone is 6. The molecule has 1 aliphatic heterocycles. The Labute approximate surface area is 291 Å². The molecule has 4 atom stereocenters. The molecular weight excluding hydrogens is 690 g/mol. The highest BCUT2D eigenvalue weighted by Gasteiger charge is 2.57. The number of hydrogen-bond acceptors (Lipinski definition) is 8. The SMILES string of the molecule is COc1ccc(OC)c(C=Cc2ccc(N3C(=O)[C@H]4[C@H](CC=C5[C@H](c6c(O)cccc6OC)C6=C(C[C@H]54)C(=O)C(Br)=CC6=O)C3=O)cc2)c1. The first kappa shape index (κ1) is 32.3. The lowest BCUT2D eigenvalue weighted by Crippen LogP contribution is -2.39. The van der Waals surface area contributed by atoms with Gasteiger partial charge in [-0.05, 0) is 82.7 Å². The van der Waals surface area contributed by atoms with Gasteiger partial charge in [-0.1, -0.05) is 42.0 Å². The van der Waals surface area contributed by atoms with E-state index in [4.69, 9.17) is 14.2 Å². The van der Waals surface area contributed by atoms with Crippen LogP contribution in [0.15, 0.2) is 94.0 Å². The van der Waals surface area contributed by atoms with Crippen LogP contribution in [0.25, 0.3) is 12.2 Å². The van der Waals surface area contributed by atoms with Crippen molar-refractivity contribution in [1.82, 2.24) is 0 Å². The van der Waals surface area contributed by atoms with Gasteiger partial charge in [-0.2, -0.15) is 0 Å². The van der Waals surface area contributed by atoms with Gasteiger partial charge >= 0.3 is 0 Å². The number of rotatable bonds is 7. The monoisotopic (exact) mass is 721 g/mol. The van der Waals surface area contributed by atoms with Gasteiger partial charge in [0.05, 0.1) is 43.3 Å². The summed E-state index contributed by atoms with van der Waals surface area (Å²) in [5.41, 5.74) is 3.74. The van der Waals surface area contributed by atoms with Crippen LogP contribution in [0.3, 0.4) is 0 Å². The number of anilines is 1. The standard InChI is InChI=1S/C39H32BrNO8/c1-47-23-13-16-31(48-2)21(17-23)10-7-20-8-11-22(12-9-20)41-38(45)25-15-14-24-26(33(25)39(41)46)18-27-34(30(43)19-28(40)37(27)44)35(24)36-29(42)5-4-6-32(36)49-3/h4-14,16-17,19,25-26,33,35,42H,15,18H2,1-3H3/t25-,26+,33-,35-/m0/s1. The molecule has 0 bridgehead atoms. The maximum Gasteiger partial charge on any atom is 0.238 e. The Morgan fingerprint density at radius 2 is 1.61 bits per heavy atom. The molecule has 0 saturated carbocycles. The van der Waals surface area contributed by atoms with Crippen LogP contribution in [0.5, 0.6) is 23.0 Å². The largest absolute Gasteiger partial charge is 0.507 e. The van der Waals surface area contributed by atoms with E-state index in [9.17, 15) is 24.3 Å². The smallest absolute Gasteiger partial charge is 0.238 e. The van der Waals surface area contributed by atoms with Crippen LogP contribution < -0.4 is 19.1 Å². The van der Waals surface area contributed by atoms with Gasteiger partial charge in [-0.15, -0.1) is 0 Å². The van der Waals surface area contributed by atoms with E-state index in [-0.39, 0.29) is 57.6 Å². The molecule has 0 spiro atoms. The number of fused-ring (bicyclic) bond motifs is 3. The van der Waals surface area contributed by atoms with Crippen molar-refractivity contribution in [2.45, 2.75) is 18.8 Å². The van der Waals surface area contributed by atoms with E-state index in [0.29, 0.717) is 28.5 Å². The first-order valence-corrected chi connectivity index (χ1v) is 16.6. The third-order valence-electron chi connectivity index (χ3n) is 9.93. The average molecular weight is 723 g/mol. The summed E-state index contributed by atoms with van der Waals surface area (Å²) in [6, 6.07) is 17.5. The number of phenolic OH excluding ortho intramolecular Hbond substituents is 1. The molecular formula is C39H32BrNO8. The van der Waals surface area contributed by atoms with Gasteiger partial charge in [0.1, 0.15) is 23.0 Å². The number of imide groups is 1. The van der Waals surface area contributed by atoms with E-state index in [2.05, 4.69) is 15.9 Å². The number of ketones is 2. The predicted octanol–water partition coefficient (Wildman–Crippen LogP) is 6.56. The quantitative estimate of drug-likeness (QED) is 0.126. The van der Waals surface area contributed by atoms with Gasteiger partial charge in [0.2, 0.25) is 11.8 Å². The predicted molar refractivity (Wildman–Crippen MR) is 187 cm³/mol. The normalized spacial score (nSPS) is 23.2. The number of methoxy groups -OCH3 is 3. The fourth-order valence-corrected chi connectivity index (χ4v) is 8.13. The number of nitrogens with zero attached hydrogens (tertiary/aromatic N) is 1. The number of ether oxygens (including phenoxy) is 3. The van der Waals surface area contributed by atoms with Crippen LogP contribution >= 0.6 is 15.9 Å². The fourth-order valence-electron chi connectivity index (χ4n) is 7.68. The molecule has 1 N–H and O–H groups in total. The topological polar surface area (TPSA) is 119 Å². The van der Waals surface area contributed by atoms with E-state index >= 15 is 0 Å². The molecule has 2 amide bonds. The van der Waals surface area contributed by atoms with E-state index in [1.807, 2.05) is 48.6 Å². The van der Waals surface area contributed by atoms with Gasteiger partial charge in [-0.25, -0.2) is 0 Å². The Balaban J connectivity index is 1.23. The van der Waals surface area contributed by atoms with Gasteiger partial charge in [0.15, 0.2) is 11.6 Å². The average Bonchev–Trinajstić information content (AvgIpc) is 3.37. The van der Waals surface area contributed by atoms with Crippen molar-refractivity contribution >= 4 is 57.2 Å². The van der Waals surface area contributed by atoms with Crippen molar-refractivity contribution in [1.29, 1.82) is 0 Å². The van der Waals surface area contributed by atoms with Crippen LogP contribution in [0, 0.1) is 17.8 Å². The van der Waals surface area contributed by atoms with Crippen LogP contribution in [0.1, 0.15) is 35.4 Å². The molecule has 3 aliphatic carbocycles. The second-order valence-corrected chi connectivity index (χ2v) is 13.2. The number of amides is 2. The van der Waals surface area contributed by atoms with Crippen molar-refractivity contribution in [3.63, 3.8) is 0 Å². The summed E-state index contributed by atoms with van der Waals surface area (Å²) in [6.07, 6.45) is 7.36. The molecule has 7 rings (SSSR count). The summed E-state index contributed by atoms with van der Waals surface area (Å²) in [6.45, 7) is 0. The highest BCUT2D eigenvalue weighted by molar-refractivity contribution is 9.12. The van der Waals surface area contributed by atoms with Gasteiger partial charge < -0.3 is 19.3 Å². The molecule has 10 heteroatoms. The lowest BCUT2D eigenvalue weighted by atomic mass is 9.59. The molecule has 3 aromatic rings. The summed E-state index contributed by atoms with van der Waals surface area (Å²) in [7, 11) is 4.67. The summed E-state index contributed by atoms with van der Waals surface area (Å²) in [5.74, 6) is -2.50. The second kappa shape index (κ2) is 12.7. The van der Waals surface area contributed by atoms with Crippen molar-refractivity contribution < 1.29 is 38.5 Å². The minimum atomic E-state index is -0.828. The molecule has 4 aliphatic rings. The zero-order valence-electron chi connectivity index (χ0n) is 26.9. The number of hydrogen-bond donors (Lipinski definition) is 1. The highest BCUT2D eigenvalue weighted by Crippen LogP contribution is 2.57. The first-order valence-electron chi connectivity index (χ1n) is 15.8. The molecule has 1 heterocycles. The lowest BCUT2D eigenvalue weighted by Gasteiger charge is -2.42. The number of phenols is 1. The Morgan fingerprint density at radius 1 is 0.857 bits per heavy atom. The van der Waals surface area contributed by atoms with Crippen molar-refractivity contribution in [3.8, 4) is 23.0 Å². The third-order valence-corrected chi connectivity index (χ3v) is 10.5. The van der Waals surface area contributed by atoms with Gasteiger partial charge in [-0.3, -0.25) is 24.1 Å². The number of halogens is 1. The summed E-state index contributed by atoms with van der Waals surface area (Å²) in [4.78, 5) is 56.6. The molecule has 3 aromatic carbocycles. The minimum Gasteiger partial charge on any atom is -0.507 e. The molecule has 0 radical (unpaired) electrons. The Hall–Kier alpha value is -5.22. The Bertz CT molecular complexity index is 2060. The Morgan fingerprint density at radius 3 is 2.33 bits per heavy atom. The van der Waals surface area contributed by atoms with Crippen LogP contribution in [-0.2, 0) is 19.2 Å². The molecule has 0 unspecified atom stereocenters. The second-order valence-electron chi connectivity index (χ2n) is 12.3. The third kappa shape index (κ3) is 5.31. The van der Waals surface area contributed by atoms with Gasteiger partial charge in [0.25, 0.3) is 0 Å². The Kier molecular flexibility index (Phi) is 8.36. The number of benzene rings is 3. The number of aromatic hydroxyl groups is 1. The molecule has 0 aromatic heterocycles. The van der Waals surface area contributed by atoms with E-state index in [1.54, 1.807) is 38.5 Å². The zero-order chi connectivity index (χ0) is 34.6. The number of Topliss-reactive ketones (excluding diaryl/α,β-unsaturated/α-hetero) is 1. The first-order chi connectivity index (χ1) is 23.7. The van der Waals surface area contributed by atoms with Crippen molar-refractivity contribution in [3.05, 3.63) is 111 Å². The van der Waals surface area contributed by atoms with E-state index in [0.717, 1.165) is 16.7 Å². The molecule has 1 fully saturated rings. The van der Waals surface area contributed by atoms with E-state index in [1.165, 1.54) is 24.2 Å². The molecule has 49 heavy (non-hydrogen) atoms.